The van der Waals surface area contributed by atoms with Gasteiger partial charge in [-0.25, -0.2) is 22.2 Å². The molecule has 2 heterocycles. The minimum absolute atomic E-state index is 0.00937. The first-order valence-corrected chi connectivity index (χ1v) is 11.5. The van der Waals surface area contributed by atoms with Crippen LogP contribution in [0.4, 0.5) is 8.78 Å². The SMILES string of the molecule is CCCCN(C(=O)CCc1ncc(-c2ccc(F)cc2F)o1)C1CCS(=O)(=O)C1. The molecule has 1 aliphatic rings. The van der Waals surface area contributed by atoms with E-state index < -0.39 is 21.5 Å². The number of hydrogen-bond acceptors (Lipinski definition) is 5. The number of halogens is 2. The second-order valence-corrected chi connectivity index (χ2v) is 9.47. The number of unbranched alkanes of at least 4 members (excludes halogenated alkanes) is 1. The van der Waals surface area contributed by atoms with Crippen molar-refractivity contribution in [3.05, 3.63) is 41.9 Å². The fraction of sp³-hybridized carbons (Fsp3) is 0.500. The zero-order valence-corrected chi connectivity index (χ0v) is 17.1. The number of aryl methyl sites for hydroxylation is 1. The van der Waals surface area contributed by atoms with Gasteiger partial charge in [0.1, 0.15) is 11.6 Å². The Bertz CT molecular complexity index is 975. The van der Waals surface area contributed by atoms with Crippen molar-refractivity contribution in [1.29, 1.82) is 0 Å². The Hall–Kier alpha value is -2.29. The first-order chi connectivity index (χ1) is 13.8. The number of rotatable bonds is 8. The summed E-state index contributed by atoms with van der Waals surface area (Å²) >= 11 is 0. The summed E-state index contributed by atoms with van der Waals surface area (Å²) in [5.41, 5.74) is 0.0946. The molecule has 1 fully saturated rings. The number of benzene rings is 1. The summed E-state index contributed by atoms with van der Waals surface area (Å²) in [6.07, 6.45) is 3.83. The number of carbonyl (C=O) groups is 1. The van der Waals surface area contributed by atoms with Crippen LogP contribution in [0.2, 0.25) is 0 Å². The molecular weight excluding hydrogens is 402 g/mol. The lowest BCUT2D eigenvalue weighted by Gasteiger charge is -2.28. The Balaban J connectivity index is 1.64. The zero-order valence-electron chi connectivity index (χ0n) is 16.2. The Morgan fingerprint density at radius 1 is 1.34 bits per heavy atom. The number of oxazole rings is 1. The molecule has 1 amide bonds. The fourth-order valence-electron chi connectivity index (χ4n) is 3.46. The van der Waals surface area contributed by atoms with E-state index in [9.17, 15) is 22.0 Å². The summed E-state index contributed by atoms with van der Waals surface area (Å²) in [5.74, 6) is -1.03. The van der Waals surface area contributed by atoms with Gasteiger partial charge >= 0.3 is 0 Å². The van der Waals surface area contributed by atoms with E-state index in [1.54, 1.807) is 4.90 Å². The van der Waals surface area contributed by atoms with Crippen molar-refractivity contribution in [2.24, 2.45) is 0 Å². The highest BCUT2D eigenvalue weighted by Crippen LogP contribution is 2.25. The first-order valence-electron chi connectivity index (χ1n) is 9.69. The Kier molecular flexibility index (Phi) is 6.66. The van der Waals surface area contributed by atoms with Gasteiger partial charge in [-0.15, -0.1) is 0 Å². The van der Waals surface area contributed by atoms with Crippen molar-refractivity contribution in [2.45, 2.75) is 45.1 Å². The van der Waals surface area contributed by atoms with Gasteiger partial charge in [0.05, 0.1) is 23.3 Å². The highest BCUT2D eigenvalue weighted by molar-refractivity contribution is 7.91. The van der Waals surface area contributed by atoms with Crippen molar-refractivity contribution in [3.8, 4) is 11.3 Å². The molecule has 9 heteroatoms. The molecule has 0 N–H and O–H groups in total. The van der Waals surface area contributed by atoms with Crippen LogP contribution < -0.4 is 0 Å². The Labute approximate surface area is 168 Å². The Morgan fingerprint density at radius 3 is 2.79 bits per heavy atom. The molecule has 1 aliphatic heterocycles. The summed E-state index contributed by atoms with van der Waals surface area (Å²) in [7, 11) is -3.09. The molecule has 0 saturated carbocycles. The molecule has 1 atom stereocenters. The van der Waals surface area contributed by atoms with E-state index in [1.807, 2.05) is 6.92 Å². The third kappa shape index (κ3) is 5.41. The lowest BCUT2D eigenvalue weighted by Crippen LogP contribution is -2.41. The molecule has 158 valence electrons. The van der Waals surface area contributed by atoms with Crippen LogP contribution in [0.25, 0.3) is 11.3 Å². The fourth-order valence-corrected chi connectivity index (χ4v) is 5.19. The number of hydrogen-bond donors (Lipinski definition) is 0. The third-order valence-corrected chi connectivity index (χ3v) is 6.78. The van der Waals surface area contributed by atoms with Gasteiger partial charge in [0, 0.05) is 31.5 Å². The van der Waals surface area contributed by atoms with E-state index in [0.29, 0.717) is 13.0 Å². The van der Waals surface area contributed by atoms with Crippen molar-refractivity contribution >= 4 is 15.7 Å². The van der Waals surface area contributed by atoms with Gasteiger partial charge in [0.15, 0.2) is 21.5 Å². The van der Waals surface area contributed by atoms with Crippen molar-refractivity contribution in [3.63, 3.8) is 0 Å². The molecule has 0 spiro atoms. The predicted molar refractivity (Wildman–Crippen MR) is 104 cm³/mol. The van der Waals surface area contributed by atoms with Crippen LogP contribution >= 0.6 is 0 Å². The molecule has 1 saturated heterocycles. The van der Waals surface area contributed by atoms with Crippen LogP contribution in [0.1, 0.15) is 38.5 Å². The maximum Gasteiger partial charge on any atom is 0.223 e. The van der Waals surface area contributed by atoms with Gasteiger partial charge in [0.25, 0.3) is 0 Å². The predicted octanol–water partition coefficient (Wildman–Crippen LogP) is 3.37. The monoisotopic (exact) mass is 426 g/mol. The highest BCUT2D eigenvalue weighted by atomic mass is 32.2. The second kappa shape index (κ2) is 9.02. The Morgan fingerprint density at radius 2 is 2.14 bits per heavy atom. The molecule has 1 aromatic carbocycles. The lowest BCUT2D eigenvalue weighted by atomic mass is 10.1. The minimum atomic E-state index is -3.09. The van der Waals surface area contributed by atoms with Gasteiger partial charge in [0.2, 0.25) is 5.91 Å². The highest BCUT2D eigenvalue weighted by Gasteiger charge is 2.34. The van der Waals surface area contributed by atoms with E-state index in [4.69, 9.17) is 4.42 Å². The van der Waals surface area contributed by atoms with Crippen LogP contribution in [0.5, 0.6) is 0 Å². The van der Waals surface area contributed by atoms with E-state index in [2.05, 4.69) is 4.98 Å². The average molecular weight is 426 g/mol. The molecule has 1 aromatic heterocycles. The minimum Gasteiger partial charge on any atom is -0.441 e. The second-order valence-electron chi connectivity index (χ2n) is 7.24. The number of carbonyl (C=O) groups excluding carboxylic acids is 1. The quantitative estimate of drug-likeness (QED) is 0.647. The van der Waals surface area contributed by atoms with E-state index in [1.165, 1.54) is 12.3 Å². The molecule has 2 aromatic rings. The first kappa shape index (κ1) is 21.4. The van der Waals surface area contributed by atoms with E-state index >= 15 is 0 Å². The molecule has 0 radical (unpaired) electrons. The summed E-state index contributed by atoms with van der Waals surface area (Å²) in [6, 6.07) is 2.88. The number of amides is 1. The van der Waals surface area contributed by atoms with Crippen LogP contribution in [0, 0.1) is 11.6 Å². The van der Waals surface area contributed by atoms with Gasteiger partial charge in [-0.1, -0.05) is 13.3 Å². The number of nitrogens with zero attached hydrogens (tertiary/aromatic N) is 2. The summed E-state index contributed by atoms with van der Waals surface area (Å²) in [5, 5.41) is 0. The lowest BCUT2D eigenvalue weighted by molar-refractivity contribution is -0.133. The average Bonchev–Trinajstić information content (AvgIpc) is 3.26. The molecule has 29 heavy (non-hydrogen) atoms. The molecule has 1 unspecified atom stereocenters. The topological polar surface area (TPSA) is 80.5 Å². The summed E-state index contributed by atoms with van der Waals surface area (Å²) in [6.45, 7) is 2.53. The van der Waals surface area contributed by atoms with Gasteiger partial charge in [-0.3, -0.25) is 4.79 Å². The third-order valence-electron chi connectivity index (χ3n) is 5.02. The van der Waals surface area contributed by atoms with Crippen LogP contribution in [-0.4, -0.2) is 48.3 Å². The smallest absolute Gasteiger partial charge is 0.223 e. The van der Waals surface area contributed by atoms with Crippen molar-refractivity contribution in [2.75, 3.05) is 18.1 Å². The molecule has 3 rings (SSSR count). The van der Waals surface area contributed by atoms with Gasteiger partial charge in [-0.2, -0.15) is 0 Å². The molecular formula is C20H24F2N2O4S. The summed E-state index contributed by atoms with van der Waals surface area (Å²) in [4.78, 5) is 18.5. The maximum absolute atomic E-state index is 13.9. The zero-order chi connectivity index (χ0) is 21.0. The largest absolute Gasteiger partial charge is 0.441 e. The summed E-state index contributed by atoms with van der Waals surface area (Å²) < 4.78 is 56.0. The normalized spacial score (nSPS) is 18.1. The van der Waals surface area contributed by atoms with Crippen LogP contribution in [-0.2, 0) is 21.1 Å². The maximum atomic E-state index is 13.9. The van der Waals surface area contributed by atoms with Crippen molar-refractivity contribution < 1.29 is 26.4 Å². The van der Waals surface area contributed by atoms with Gasteiger partial charge in [-0.05, 0) is 25.0 Å². The standard InChI is InChI=1S/C20H24F2N2O4S/c1-2-3-9-24(15-8-10-29(26,27)13-15)20(25)7-6-19-23-12-18(28-19)16-5-4-14(21)11-17(16)22/h4-5,11-12,15H,2-3,6-10,13H2,1H3. The number of aromatic nitrogens is 1. The van der Waals surface area contributed by atoms with Crippen LogP contribution in [0.15, 0.2) is 28.8 Å². The molecule has 0 aliphatic carbocycles. The molecule has 6 nitrogen and oxygen atoms in total. The van der Waals surface area contributed by atoms with E-state index in [0.717, 1.165) is 25.0 Å². The number of sulfone groups is 1. The van der Waals surface area contributed by atoms with Crippen molar-refractivity contribution in [1.82, 2.24) is 9.88 Å². The van der Waals surface area contributed by atoms with Crippen LogP contribution in [0.3, 0.4) is 0 Å². The van der Waals surface area contributed by atoms with Gasteiger partial charge < -0.3 is 9.32 Å². The van der Waals surface area contributed by atoms with E-state index in [-0.39, 0.29) is 53.5 Å². The molecule has 0 bridgehead atoms.